The van der Waals surface area contributed by atoms with Gasteiger partial charge in [0.05, 0.1) is 0 Å². The molecule has 0 radical (unpaired) electrons. The molecule has 1 N–H and O–H groups in total. The molecule has 2 aliphatic rings. The summed E-state index contributed by atoms with van der Waals surface area (Å²) in [6.45, 7) is 2.73. The number of hydrogen-bond acceptors (Lipinski definition) is 1. The predicted octanol–water partition coefficient (Wildman–Crippen LogP) is 3.66. The molecule has 0 spiro atoms. The van der Waals surface area contributed by atoms with Gasteiger partial charge in [0.2, 0.25) is 0 Å². The van der Waals surface area contributed by atoms with Gasteiger partial charge in [0.1, 0.15) is 11.6 Å². The summed E-state index contributed by atoms with van der Waals surface area (Å²) in [6, 6.07) is 4.01. The zero-order chi connectivity index (χ0) is 12.7. The fourth-order valence-corrected chi connectivity index (χ4v) is 3.83. The van der Waals surface area contributed by atoms with E-state index in [1.807, 2.05) is 6.92 Å². The summed E-state index contributed by atoms with van der Waals surface area (Å²) in [5.41, 5.74) is 0.249. The molecule has 2 saturated carbocycles. The van der Waals surface area contributed by atoms with Crippen LogP contribution in [0.2, 0.25) is 0 Å². The highest BCUT2D eigenvalue weighted by atomic mass is 19.1. The van der Waals surface area contributed by atoms with Crippen LogP contribution in [0.3, 0.4) is 0 Å². The van der Waals surface area contributed by atoms with Crippen LogP contribution in [0.4, 0.5) is 8.78 Å². The summed E-state index contributed by atoms with van der Waals surface area (Å²) in [7, 11) is 0. The van der Waals surface area contributed by atoms with Gasteiger partial charge in [-0.1, -0.05) is 19.4 Å². The Morgan fingerprint density at radius 3 is 2.39 bits per heavy atom. The van der Waals surface area contributed by atoms with E-state index >= 15 is 0 Å². The molecule has 1 aromatic carbocycles. The Morgan fingerprint density at radius 1 is 1.22 bits per heavy atom. The maximum Gasteiger partial charge on any atom is 0.130 e. The first-order valence-corrected chi connectivity index (χ1v) is 6.91. The fraction of sp³-hybridized carbons (Fsp3) is 0.600. The first-order valence-electron chi connectivity index (χ1n) is 6.91. The van der Waals surface area contributed by atoms with E-state index in [1.165, 1.54) is 37.5 Å². The largest absolute Gasteiger partial charge is 0.310 e. The van der Waals surface area contributed by atoms with Crippen molar-refractivity contribution < 1.29 is 8.78 Å². The van der Waals surface area contributed by atoms with Crippen LogP contribution in [0.25, 0.3) is 0 Å². The Bertz CT molecular complexity index is 416. The lowest BCUT2D eigenvalue weighted by Crippen LogP contribution is -2.26. The minimum absolute atomic E-state index is 0.147. The van der Waals surface area contributed by atoms with Crippen molar-refractivity contribution in [3.05, 3.63) is 35.4 Å². The third-order valence-electron chi connectivity index (χ3n) is 4.59. The number of fused-ring (bicyclic) bond motifs is 1. The fourth-order valence-electron chi connectivity index (χ4n) is 3.83. The van der Waals surface area contributed by atoms with Gasteiger partial charge in [0, 0.05) is 11.6 Å². The SMILES string of the molecule is CCNC(c1c(F)cccc1F)C1C2CCCC21. The number of halogens is 2. The summed E-state index contributed by atoms with van der Waals surface area (Å²) in [4.78, 5) is 0. The third-order valence-corrected chi connectivity index (χ3v) is 4.59. The molecule has 0 saturated heterocycles. The van der Waals surface area contributed by atoms with E-state index in [9.17, 15) is 8.78 Å². The first-order chi connectivity index (χ1) is 8.74. The van der Waals surface area contributed by atoms with Crippen molar-refractivity contribution in [2.24, 2.45) is 17.8 Å². The van der Waals surface area contributed by atoms with Crippen molar-refractivity contribution >= 4 is 0 Å². The van der Waals surface area contributed by atoms with Crippen LogP contribution in [0.1, 0.15) is 37.8 Å². The Hall–Kier alpha value is -0.960. The Morgan fingerprint density at radius 2 is 1.83 bits per heavy atom. The number of rotatable bonds is 4. The maximum absolute atomic E-state index is 13.9. The van der Waals surface area contributed by atoms with Gasteiger partial charge in [-0.3, -0.25) is 0 Å². The van der Waals surface area contributed by atoms with Crippen LogP contribution < -0.4 is 5.32 Å². The molecule has 3 rings (SSSR count). The highest BCUT2D eigenvalue weighted by molar-refractivity contribution is 5.27. The summed E-state index contributed by atoms with van der Waals surface area (Å²) < 4.78 is 27.8. The number of hydrogen-bond donors (Lipinski definition) is 1. The van der Waals surface area contributed by atoms with E-state index in [1.54, 1.807) is 0 Å². The lowest BCUT2D eigenvalue weighted by Gasteiger charge is -2.21. The molecule has 0 bridgehead atoms. The normalized spacial score (nSPS) is 31.2. The van der Waals surface area contributed by atoms with Gasteiger partial charge in [0.15, 0.2) is 0 Å². The van der Waals surface area contributed by atoms with E-state index in [0.29, 0.717) is 17.8 Å². The molecule has 1 aromatic rings. The van der Waals surface area contributed by atoms with E-state index in [-0.39, 0.29) is 11.6 Å². The lowest BCUT2D eigenvalue weighted by atomic mass is 9.96. The summed E-state index contributed by atoms with van der Waals surface area (Å²) in [5, 5.41) is 3.29. The summed E-state index contributed by atoms with van der Waals surface area (Å²) in [6.07, 6.45) is 3.74. The molecule has 3 atom stereocenters. The minimum atomic E-state index is -0.411. The van der Waals surface area contributed by atoms with Gasteiger partial charge < -0.3 is 5.32 Å². The van der Waals surface area contributed by atoms with Crippen molar-refractivity contribution in [2.45, 2.75) is 32.2 Å². The van der Waals surface area contributed by atoms with Gasteiger partial charge in [-0.25, -0.2) is 8.78 Å². The first kappa shape index (κ1) is 12.1. The molecule has 18 heavy (non-hydrogen) atoms. The maximum atomic E-state index is 13.9. The summed E-state index contributed by atoms with van der Waals surface area (Å²) >= 11 is 0. The third kappa shape index (κ3) is 1.85. The monoisotopic (exact) mass is 251 g/mol. The van der Waals surface area contributed by atoms with Crippen molar-refractivity contribution in [3.8, 4) is 0 Å². The topological polar surface area (TPSA) is 12.0 Å². The molecule has 3 heteroatoms. The van der Waals surface area contributed by atoms with Gasteiger partial charge in [-0.05, 0) is 49.3 Å². The van der Waals surface area contributed by atoms with Crippen LogP contribution in [-0.4, -0.2) is 6.54 Å². The minimum Gasteiger partial charge on any atom is -0.310 e. The van der Waals surface area contributed by atoms with Crippen LogP contribution in [0, 0.1) is 29.4 Å². The Balaban J connectivity index is 1.90. The average molecular weight is 251 g/mol. The van der Waals surface area contributed by atoms with E-state index in [4.69, 9.17) is 0 Å². The van der Waals surface area contributed by atoms with E-state index < -0.39 is 11.6 Å². The van der Waals surface area contributed by atoms with Gasteiger partial charge in [0.25, 0.3) is 0 Å². The second-order valence-corrected chi connectivity index (χ2v) is 5.51. The van der Waals surface area contributed by atoms with Crippen molar-refractivity contribution in [2.75, 3.05) is 6.54 Å². The number of benzene rings is 1. The van der Waals surface area contributed by atoms with Crippen LogP contribution >= 0.6 is 0 Å². The van der Waals surface area contributed by atoms with Crippen LogP contribution in [0.15, 0.2) is 18.2 Å². The molecule has 2 aliphatic carbocycles. The highest BCUT2D eigenvalue weighted by Gasteiger charge is 2.56. The molecular weight excluding hydrogens is 232 g/mol. The average Bonchev–Trinajstić information content (AvgIpc) is 2.80. The second-order valence-electron chi connectivity index (χ2n) is 5.51. The molecule has 1 nitrogen and oxygen atoms in total. The molecule has 2 fully saturated rings. The zero-order valence-corrected chi connectivity index (χ0v) is 10.6. The zero-order valence-electron chi connectivity index (χ0n) is 10.6. The van der Waals surface area contributed by atoms with E-state index in [2.05, 4.69) is 5.32 Å². The van der Waals surface area contributed by atoms with Crippen molar-refractivity contribution in [1.82, 2.24) is 5.32 Å². The smallest absolute Gasteiger partial charge is 0.130 e. The van der Waals surface area contributed by atoms with Crippen molar-refractivity contribution in [1.29, 1.82) is 0 Å². The molecule has 0 aliphatic heterocycles. The second kappa shape index (κ2) is 4.61. The highest BCUT2D eigenvalue weighted by Crippen LogP contribution is 2.62. The quantitative estimate of drug-likeness (QED) is 0.861. The molecular formula is C15H19F2N. The van der Waals surface area contributed by atoms with Gasteiger partial charge in [-0.2, -0.15) is 0 Å². The molecule has 0 amide bonds. The van der Waals surface area contributed by atoms with Crippen molar-refractivity contribution in [3.63, 3.8) is 0 Å². The van der Waals surface area contributed by atoms with Crippen LogP contribution in [-0.2, 0) is 0 Å². The summed E-state index contributed by atoms with van der Waals surface area (Å²) in [5.74, 6) is 0.989. The molecule has 0 aromatic heterocycles. The predicted molar refractivity (Wildman–Crippen MR) is 67.1 cm³/mol. The van der Waals surface area contributed by atoms with Gasteiger partial charge >= 0.3 is 0 Å². The van der Waals surface area contributed by atoms with Gasteiger partial charge in [-0.15, -0.1) is 0 Å². The Kier molecular flexibility index (Phi) is 3.10. The standard InChI is InChI=1S/C15H19F2N/c1-2-18-15(13-9-5-3-6-10(9)13)14-11(16)7-4-8-12(14)17/h4,7-10,13,15,18H,2-3,5-6H2,1H3. The molecule has 0 heterocycles. The Labute approximate surface area is 107 Å². The molecule has 98 valence electrons. The molecule has 3 unspecified atom stereocenters. The lowest BCUT2D eigenvalue weighted by molar-refractivity contribution is 0.394. The number of nitrogens with one attached hydrogen (secondary N) is 1. The van der Waals surface area contributed by atoms with E-state index in [0.717, 1.165) is 6.54 Å². The van der Waals surface area contributed by atoms with Crippen LogP contribution in [0.5, 0.6) is 0 Å².